The van der Waals surface area contributed by atoms with Crippen molar-refractivity contribution in [2.24, 2.45) is 0 Å². The van der Waals surface area contributed by atoms with Crippen molar-refractivity contribution in [1.82, 2.24) is 4.98 Å². The van der Waals surface area contributed by atoms with Crippen LogP contribution in [0.5, 0.6) is 5.75 Å². The first-order valence-electron chi connectivity index (χ1n) is 10.9. The van der Waals surface area contributed by atoms with E-state index >= 15 is 0 Å². The molecule has 6 nitrogen and oxygen atoms in total. The van der Waals surface area contributed by atoms with Crippen LogP contribution in [0.25, 0.3) is 10.9 Å². The Morgan fingerprint density at radius 2 is 1.76 bits per heavy atom. The molecule has 0 amide bonds. The number of nitrogens with one attached hydrogen (secondary N) is 1. The zero-order chi connectivity index (χ0) is 23.0. The van der Waals surface area contributed by atoms with Gasteiger partial charge in [0.2, 0.25) is 0 Å². The lowest BCUT2D eigenvalue weighted by Gasteiger charge is -2.24. The Morgan fingerprint density at radius 3 is 2.58 bits per heavy atom. The molecule has 0 bridgehead atoms. The molecule has 4 rings (SSSR count). The molecule has 0 saturated heterocycles. The predicted molar refractivity (Wildman–Crippen MR) is 128 cm³/mol. The molecule has 0 aliphatic rings. The van der Waals surface area contributed by atoms with Crippen molar-refractivity contribution >= 4 is 22.6 Å². The maximum Gasteiger partial charge on any atom is 0.337 e. The molecule has 4 aromatic rings. The molecule has 1 heterocycles. The van der Waals surface area contributed by atoms with Gasteiger partial charge in [0, 0.05) is 17.1 Å². The van der Waals surface area contributed by atoms with Gasteiger partial charge in [-0.05, 0) is 36.8 Å². The fourth-order valence-electron chi connectivity index (χ4n) is 3.57. The SMILES string of the molecule is CCOC(=O)[C@@H](O)[C@@H](Nc1cccc(OCc2ccc3ccccc3n2)c1)c1ccccc1. The fraction of sp³-hybridized carbons (Fsp3) is 0.185. The summed E-state index contributed by atoms with van der Waals surface area (Å²) in [4.78, 5) is 16.9. The number of esters is 1. The van der Waals surface area contributed by atoms with Crippen LogP contribution in [0.15, 0.2) is 91.0 Å². The Bertz CT molecular complexity index is 1210. The van der Waals surface area contributed by atoms with E-state index in [1.165, 1.54) is 0 Å². The molecular weight excluding hydrogens is 416 g/mol. The Labute approximate surface area is 192 Å². The first-order chi connectivity index (χ1) is 16.1. The van der Waals surface area contributed by atoms with Crippen LogP contribution in [0.2, 0.25) is 0 Å². The predicted octanol–water partition coefficient (Wildman–Crippen LogP) is 4.89. The van der Waals surface area contributed by atoms with E-state index in [1.807, 2.05) is 91.0 Å². The minimum atomic E-state index is -1.36. The number of fused-ring (bicyclic) bond motifs is 1. The average molecular weight is 443 g/mol. The van der Waals surface area contributed by atoms with E-state index in [-0.39, 0.29) is 6.61 Å². The molecule has 0 spiro atoms. The molecule has 1 aromatic heterocycles. The summed E-state index contributed by atoms with van der Waals surface area (Å²) in [6, 6.07) is 27.9. The number of benzene rings is 3. The van der Waals surface area contributed by atoms with Gasteiger partial charge in [-0.15, -0.1) is 0 Å². The summed E-state index contributed by atoms with van der Waals surface area (Å²) in [5, 5.41) is 15.0. The number of rotatable bonds is 9. The molecule has 0 aliphatic carbocycles. The molecular formula is C27H26N2O4. The van der Waals surface area contributed by atoms with Crippen LogP contribution in [0, 0.1) is 0 Å². The van der Waals surface area contributed by atoms with Crippen LogP contribution >= 0.6 is 0 Å². The van der Waals surface area contributed by atoms with Gasteiger partial charge in [-0.2, -0.15) is 0 Å². The van der Waals surface area contributed by atoms with E-state index in [0.717, 1.165) is 22.2 Å². The number of nitrogens with zero attached hydrogens (tertiary/aromatic N) is 1. The fourth-order valence-corrected chi connectivity index (χ4v) is 3.57. The summed E-state index contributed by atoms with van der Waals surface area (Å²) in [6.07, 6.45) is -1.36. The molecule has 2 atom stereocenters. The Kier molecular flexibility index (Phi) is 7.17. The molecule has 3 aromatic carbocycles. The van der Waals surface area contributed by atoms with Gasteiger partial charge < -0.3 is 19.9 Å². The van der Waals surface area contributed by atoms with Crippen LogP contribution in [-0.4, -0.2) is 28.8 Å². The molecule has 2 N–H and O–H groups in total. The normalized spacial score (nSPS) is 12.7. The number of carbonyl (C=O) groups is 1. The number of pyridine rings is 1. The Balaban J connectivity index is 1.49. The molecule has 6 heteroatoms. The zero-order valence-corrected chi connectivity index (χ0v) is 18.3. The number of hydrogen-bond acceptors (Lipinski definition) is 6. The second-order valence-corrected chi connectivity index (χ2v) is 7.54. The van der Waals surface area contributed by atoms with Gasteiger partial charge in [-0.3, -0.25) is 0 Å². The van der Waals surface area contributed by atoms with Gasteiger partial charge >= 0.3 is 5.97 Å². The van der Waals surface area contributed by atoms with E-state index in [4.69, 9.17) is 9.47 Å². The number of ether oxygens (including phenoxy) is 2. The topological polar surface area (TPSA) is 80.7 Å². The lowest BCUT2D eigenvalue weighted by Crippen LogP contribution is -2.34. The quantitative estimate of drug-likeness (QED) is 0.359. The van der Waals surface area contributed by atoms with E-state index in [9.17, 15) is 9.90 Å². The van der Waals surface area contributed by atoms with Crippen molar-refractivity contribution < 1.29 is 19.4 Å². The third kappa shape index (κ3) is 5.67. The number of aromatic nitrogens is 1. The molecule has 0 unspecified atom stereocenters. The summed E-state index contributed by atoms with van der Waals surface area (Å²) >= 11 is 0. The summed E-state index contributed by atoms with van der Waals surface area (Å²) < 4.78 is 11.0. The largest absolute Gasteiger partial charge is 0.487 e. The van der Waals surface area contributed by atoms with Crippen LogP contribution in [-0.2, 0) is 16.1 Å². The van der Waals surface area contributed by atoms with E-state index in [0.29, 0.717) is 18.0 Å². The zero-order valence-electron chi connectivity index (χ0n) is 18.3. The van der Waals surface area contributed by atoms with Crippen molar-refractivity contribution in [3.8, 4) is 5.75 Å². The molecule has 0 fully saturated rings. The summed E-state index contributed by atoms with van der Waals surface area (Å²) in [6.45, 7) is 2.23. The maximum atomic E-state index is 12.2. The standard InChI is InChI=1S/C27H26N2O4/c1-2-32-27(31)26(30)25(20-10-4-3-5-11-20)29-21-12-8-13-23(17-21)33-18-22-16-15-19-9-6-7-14-24(19)28-22/h3-17,25-26,29-30H,2,18H2,1H3/t25-,26-/m0/s1. The van der Waals surface area contributed by atoms with Gasteiger partial charge in [-0.1, -0.05) is 60.7 Å². The minimum absolute atomic E-state index is 0.198. The smallest absolute Gasteiger partial charge is 0.337 e. The van der Waals surface area contributed by atoms with Gasteiger partial charge in [0.15, 0.2) is 6.10 Å². The van der Waals surface area contributed by atoms with E-state index in [2.05, 4.69) is 10.3 Å². The van der Waals surface area contributed by atoms with Gasteiger partial charge in [0.1, 0.15) is 12.4 Å². The number of hydrogen-bond donors (Lipinski definition) is 2. The Hall–Kier alpha value is -3.90. The van der Waals surface area contributed by atoms with E-state index in [1.54, 1.807) is 6.92 Å². The molecule has 0 radical (unpaired) electrons. The summed E-state index contributed by atoms with van der Waals surface area (Å²) in [5.74, 6) is -0.0268. The average Bonchev–Trinajstić information content (AvgIpc) is 2.86. The van der Waals surface area contributed by atoms with E-state index < -0.39 is 18.1 Å². The second-order valence-electron chi connectivity index (χ2n) is 7.54. The van der Waals surface area contributed by atoms with Gasteiger partial charge in [0.25, 0.3) is 0 Å². The summed E-state index contributed by atoms with van der Waals surface area (Å²) in [7, 11) is 0. The lowest BCUT2D eigenvalue weighted by atomic mass is 10.0. The monoisotopic (exact) mass is 442 g/mol. The number of anilines is 1. The Morgan fingerprint density at radius 1 is 0.970 bits per heavy atom. The minimum Gasteiger partial charge on any atom is -0.487 e. The second kappa shape index (κ2) is 10.6. The van der Waals surface area contributed by atoms with Gasteiger partial charge in [0.05, 0.1) is 23.9 Å². The number of aliphatic hydroxyl groups is 1. The molecule has 0 saturated carbocycles. The molecule has 33 heavy (non-hydrogen) atoms. The van der Waals surface area contributed by atoms with Crippen LogP contribution in [0.1, 0.15) is 24.2 Å². The molecule has 168 valence electrons. The van der Waals surface area contributed by atoms with Crippen LogP contribution in [0.4, 0.5) is 5.69 Å². The van der Waals surface area contributed by atoms with Gasteiger partial charge in [-0.25, -0.2) is 9.78 Å². The van der Waals surface area contributed by atoms with Crippen molar-refractivity contribution in [2.45, 2.75) is 25.7 Å². The number of carbonyl (C=O) groups excluding carboxylic acids is 1. The maximum absolute atomic E-state index is 12.2. The van der Waals surface area contributed by atoms with Crippen molar-refractivity contribution in [1.29, 1.82) is 0 Å². The first-order valence-corrected chi connectivity index (χ1v) is 10.9. The lowest BCUT2D eigenvalue weighted by molar-refractivity contribution is -0.153. The van der Waals surface area contributed by atoms with Crippen molar-refractivity contribution in [3.05, 3.63) is 102 Å². The third-order valence-electron chi connectivity index (χ3n) is 5.20. The highest BCUT2D eigenvalue weighted by Gasteiger charge is 2.28. The van der Waals surface area contributed by atoms with Crippen molar-refractivity contribution in [2.75, 3.05) is 11.9 Å². The van der Waals surface area contributed by atoms with Crippen molar-refractivity contribution in [3.63, 3.8) is 0 Å². The van der Waals surface area contributed by atoms with Crippen LogP contribution < -0.4 is 10.1 Å². The summed E-state index contributed by atoms with van der Waals surface area (Å²) in [5.41, 5.74) is 3.22. The highest BCUT2D eigenvalue weighted by molar-refractivity contribution is 5.78. The van der Waals surface area contributed by atoms with Crippen LogP contribution in [0.3, 0.4) is 0 Å². The highest BCUT2D eigenvalue weighted by atomic mass is 16.5. The number of para-hydroxylation sites is 1. The highest BCUT2D eigenvalue weighted by Crippen LogP contribution is 2.26. The molecule has 0 aliphatic heterocycles. The number of aliphatic hydroxyl groups excluding tert-OH is 1. The third-order valence-corrected chi connectivity index (χ3v) is 5.20. The first kappa shape index (κ1) is 22.3.